The van der Waals surface area contributed by atoms with Crippen LogP contribution in [0, 0.1) is 19.8 Å². The number of carbonyl (C=O) groups is 1. The zero-order valence-electron chi connectivity index (χ0n) is 20.6. The Bertz CT molecular complexity index is 845. The van der Waals surface area contributed by atoms with Gasteiger partial charge < -0.3 is 19.3 Å². The number of aliphatic hydroxyl groups is 1. The molecule has 1 fully saturated rings. The third-order valence-electron chi connectivity index (χ3n) is 5.58. The maximum Gasteiger partial charge on any atom is 0.339 e. The fraction of sp³-hybridized carbons (Fsp3) is 0.577. The van der Waals surface area contributed by atoms with Gasteiger partial charge >= 0.3 is 5.97 Å². The number of esters is 1. The van der Waals surface area contributed by atoms with Crippen molar-refractivity contribution in [1.82, 2.24) is 0 Å². The Balaban J connectivity index is 0.00000114. The van der Waals surface area contributed by atoms with E-state index in [0.29, 0.717) is 12.0 Å². The average molecular weight is 463 g/mol. The van der Waals surface area contributed by atoms with Gasteiger partial charge in [-0.25, -0.2) is 4.79 Å². The highest BCUT2D eigenvalue weighted by molar-refractivity contribution is 7.35. The third-order valence-corrected chi connectivity index (χ3v) is 5.58. The largest absolute Gasteiger partial charge is 0.458 e. The first kappa shape index (κ1) is 26.7. The molecule has 0 aliphatic carbocycles. The van der Waals surface area contributed by atoms with E-state index in [2.05, 4.69) is 13.3 Å². The van der Waals surface area contributed by atoms with E-state index in [4.69, 9.17) is 14.2 Å². The molecule has 3 rings (SSSR count). The Morgan fingerprint density at radius 2 is 1.75 bits per heavy atom. The molecular formula is C26H39O5P. The summed E-state index contributed by atoms with van der Waals surface area (Å²) in [4.78, 5) is 12.9. The SMILES string of the molecule is CPC.Cc1cc(C)c2c(c1)/C=C/C[C@@H]1OC(C)(C)OC1C(O)/C=C\[C@@H](C)[C@H](C)OC2=O. The van der Waals surface area contributed by atoms with Gasteiger partial charge in [0.05, 0.1) is 11.7 Å². The van der Waals surface area contributed by atoms with Gasteiger partial charge in [-0.1, -0.05) is 48.9 Å². The highest BCUT2D eigenvalue weighted by atomic mass is 31.1. The topological polar surface area (TPSA) is 65.0 Å². The van der Waals surface area contributed by atoms with Crippen LogP contribution in [0.2, 0.25) is 0 Å². The molecule has 0 amide bonds. The molecule has 0 saturated carbocycles. The Labute approximate surface area is 195 Å². The van der Waals surface area contributed by atoms with Crippen molar-refractivity contribution in [3.05, 3.63) is 52.6 Å². The first-order valence-electron chi connectivity index (χ1n) is 11.3. The van der Waals surface area contributed by atoms with Gasteiger partial charge in [-0.2, -0.15) is 0 Å². The molecule has 0 bridgehead atoms. The first-order chi connectivity index (χ1) is 15.0. The highest BCUT2D eigenvalue weighted by Crippen LogP contribution is 2.33. The number of aliphatic hydroxyl groups excluding tert-OH is 1. The zero-order valence-corrected chi connectivity index (χ0v) is 21.6. The minimum absolute atomic E-state index is 0.0601. The van der Waals surface area contributed by atoms with E-state index >= 15 is 0 Å². The molecule has 0 spiro atoms. The van der Waals surface area contributed by atoms with Crippen LogP contribution >= 0.6 is 8.58 Å². The van der Waals surface area contributed by atoms with Crippen LogP contribution in [0.4, 0.5) is 0 Å². The Morgan fingerprint density at radius 1 is 1.09 bits per heavy atom. The van der Waals surface area contributed by atoms with Crippen molar-refractivity contribution in [2.75, 3.05) is 13.3 Å². The molecule has 5 nitrogen and oxygen atoms in total. The summed E-state index contributed by atoms with van der Waals surface area (Å²) in [5.74, 6) is -1.14. The Hall–Kier alpha value is -1.52. The van der Waals surface area contributed by atoms with E-state index in [-0.39, 0.29) is 24.1 Å². The van der Waals surface area contributed by atoms with Crippen molar-refractivity contribution >= 4 is 20.6 Å². The van der Waals surface area contributed by atoms with Crippen molar-refractivity contribution in [2.24, 2.45) is 5.92 Å². The van der Waals surface area contributed by atoms with Crippen molar-refractivity contribution in [3.63, 3.8) is 0 Å². The number of ether oxygens (including phenoxy) is 3. The van der Waals surface area contributed by atoms with E-state index in [0.717, 1.165) is 25.3 Å². The van der Waals surface area contributed by atoms with Crippen molar-refractivity contribution < 1.29 is 24.1 Å². The summed E-state index contributed by atoms with van der Waals surface area (Å²) in [7, 11) is 1.08. The van der Waals surface area contributed by atoms with E-state index in [1.807, 2.05) is 71.9 Å². The summed E-state index contributed by atoms with van der Waals surface area (Å²) in [5, 5.41) is 10.7. The highest BCUT2D eigenvalue weighted by Gasteiger charge is 2.43. The average Bonchev–Trinajstić information content (AvgIpc) is 2.99. The van der Waals surface area contributed by atoms with E-state index < -0.39 is 18.0 Å². The molecule has 1 saturated heterocycles. The fourth-order valence-electron chi connectivity index (χ4n) is 3.96. The lowest BCUT2D eigenvalue weighted by Gasteiger charge is -2.22. The van der Waals surface area contributed by atoms with Gasteiger partial charge in [-0.15, -0.1) is 8.58 Å². The molecule has 2 unspecified atom stereocenters. The van der Waals surface area contributed by atoms with Crippen LogP contribution in [0.5, 0.6) is 0 Å². The van der Waals surface area contributed by atoms with Crippen LogP contribution in [0.25, 0.3) is 6.08 Å². The molecule has 2 aliphatic heterocycles. The molecule has 0 aromatic heterocycles. The summed E-state index contributed by atoms with van der Waals surface area (Å²) in [6.07, 6.45) is 6.18. The lowest BCUT2D eigenvalue weighted by atomic mass is 9.96. The second-order valence-electron chi connectivity index (χ2n) is 9.17. The predicted octanol–water partition coefficient (Wildman–Crippen LogP) is 5.26. The Morgan fingerprint density at radius 3 is 2.41 bits per heavy atom. The van der Waals surface area contributed by atoms with Gasteiger partial charge in [0.2, 0.25) is 0 Å². The smallest absolute Gasteiger partial charge is 0.339 e. The van der Waals surface area contributed by atoms with Crippen molar-refractivity contribution in [3.8, 4) is 0 Å². The van der Waals surface area contributed by atoms with Crippen LogP contribution in [0.15, 0.2) is 30.4 Å². The molecule has 5 atom stereocenters. The van der Waals surface area contributed by atoms with Crippen molar-refractivity contribution in [1.29, 1.82) is 0 Å². The molecule has 0 radical (unpaired) electrons. The van der Waals surface area contributed by atoms with E-state index in [1.165, 1.54) is 0 Å². The zero-order chi connectivity index (χ0) is 24.1. The molecule has 1 N–H and O–H groups in total. The third kappa shape index (κ3) is 6.99. The minimum atomic E-state index is -0.805. The van der Waals surface area contributed by atoms with Crippen LogP contribution in [-0.4, -0.2) is 54.6 Å². The second-order valence-corrected chi connectivity index (χ2v) is 10.2. The molecule has 178 valence electrons. The predicted molar refractivity (Wildman–Crippen MR) is 133 cm³/mol. The van der Waals surface area contributed by atoms with E-state index in [1.54, 1.807) is 6.08 Å². The van der Waals surface area contributed by atoms with Gasteiger partial charge in [-0.05, 0) is 65.5 Å². The maximum absolute atomic E-state index is 12.9. The van der Waals surface area contributed by atoms with Crippen LogP contribution in [0.3, 0.4) is 0 Å². The van der Waals surface area contributed by atoms with E-state index in [9.17, 15) is 9.90 Å². The monoisotopic (exact) mass is 462 g/mol. The summed E-state index contributed by atoms with van der Waals surface area (Å²) in [6, 6.07) is 3.98. The first-order valence-corrected chi connectivity index (χ1v) is 13.3. The number of hydrogen-bond donors (Lipinski definition) is 1. The van der Waals surface area contributed by atoms with Gasteiger partial charge in [0.1, 0.15) is 18.3 Å². The molecule has 6 heteroatoms. The second kappa shape index (κ2) is 11.6. The lowest BCUT2D eigenvalue weighted by molar-refractivity contribution is -0.152. The number of hydrogen-bond acceptors (Lipinski definition) is 5. The van der Waals surface area contributed by atoms with Crippen LogP contribution in [-0.2, 0) is 14.2 Å². The standard InChI is InChI=1S/C24H32O5.C2H7P/c1-14-12-16(3)21-18(13-14)8-7-9-20-22(29-24(5,6)28-20)19(25)11-10-15(2)17(4)27-23(21)26;1-3-2/h7-8,10-13,15,17,19-20,22,25H,9H2,1-6H3;3H,1-2H3/b8-7+,11-10-;/t15-,17+,19?,20+,22?;/m1./s1. The molecule has 1 aromatic carbocycles. The van der Waals surface area contributed by atoms with Gasteiger partial charge in [0, 0.05) is 5.92 Å². The fourth-order valence-corrected chi connectivity index (χ4v) is 3.96. The molecule has 32 heavy (non-hydrogen) atoms. The molecule has 2 heterocycles. The lowest BCUT2D eigenvalue weighted by Crippen LogP contribution is -2.34. The molecular weight excluding hydrogens is 423 g/mol. The molecule has 1 aromatic rings. The molecule has 2 aliphatic rings. The summed E-state index contributed by atoms with van der Waals surface area (Å²) in [6.45, 7) is 15.8. The summed E-state index contributed by atoms with van der Waals surface area (Å²) < 4.78 is 17.7. The van der Waals surface area contributed by atoms with Gasteiger partial charge in [0.15, 0.2) is 5.79 Å². The number of benzene rings is 1. The van der Waals surface area contributed by atoms with Gasteiger partial charge in [-0.3, -0.25) is 0 Å². The number of cyclic esters (lactones) is 1. The Kier molecular flexibility index (Phi) is 9.66. The minimum Gasteiger partial charge on any atom is -0.458 e. The summed E-state index contributed by atoms with van der Waals surface area (Å²) in [5.41, 5.74) is 3.40. The number of aryl methyl sites for hydroxylation is 2. The quantitative estimate of drug-likeness (QED) is 0.324. The number of fused-ring (bicyclic) bond motifs is 2. The van der Waals surface area contributed by atoms with Crippen LogP contribution < -0.4 is 0 Å². The van der Waals surface area contributed by atoms with Gasteiger partial charge in [0.25, 0.3) is 0 Å². The summed E-state index contributed by atoms with van der Waals surface area (Å²) >= 11 is 0. The number of carbonyl (C=O) groups excluding carboxylic acids is 1. The van der Waals surface area contributed by atoms with Crippen LogP contribution in [0.1, 0.15) is 61.2 Å². The van der Waals surface area contributed by atoms with Crippen molar-refractivity contribution in [2.45, 2.75) is 78.2 Å². The maximum atomic E-state index is 12.9. The normalized spacial score (nSPS) is 31.8. The number of rotatable bonds is 0.